The Hall–Kier alpha value is -3.74. The molecule has 2 fully saturated rings. The van der Waals surface area contributed by atoms with Gasteiger partial charge in [-0.2, -0.15) is 0 Å². The monoisotopic (exact) mass is 486 g/mol. The summed E-state index contributed by atoms with van der Waals surface area (Å²) in [6, 6.07) is 12.7. The highest BCUT2D eigenvalue weighted by Gasteiger charge is 2.49. The number of amides is 3. The molecule has 0 N–H and O–H groups in total. The molecule has 0 unspecified atom stereocenters. The predicted octanol–water partition coefficient (Wildman–Crippen LogP) is 4.36. The van der Waals surface area contributed by atoms with Gasteiger partial charge in [0, 0.05) is 18.7 Å². The molecule has 186 valence electrons. The van der Waals surface area contributed by atoms with Crippen LogP contribution in [-0.2, 0) is 25.6 Å². The Morgan fingerprint density at radius 1 is 0.972 bits per heavy atom. The maximum atomic E-state index is 13.1. The van der Waals surface area contributed by atoms with E-state index in [-0.39, 0.29) is 42.5 Å². The molecule has 7 nitrogen and oxygen atoms in total. The highest BCUT2D eigenvalue weighted by molar-refractivity contribution is 6.22. The lowest BCUT2D eigenvalue weighted by atomic mass is 9.82. The SMILES string of the molecule is CCc1ccccc1N1C[C@H](C(=O)Oc2ccc(N3C(=O)[C@H]4CC=C(C)C[C@H]4C3=O)c(C)c2)CC1=O. The number of hydrogen-bond donors (Lipinski definition) is 0. The summed E-state index contributed by atoms with van der Waals surface area (Å²) in [6.45, 7) is 6.09. The average Bonchev–Trinajstić information content (AvgIpc) is 3.36. The molecule has 2 heterocycles. The third-order valence-electron chi connectivity index (χ3n) is 7.57. The number of ether oxygens (including phenoxy) is 1. The molecule has 5 rings (SSSR count). The van der Waals surface area contributed by atoms with Crippen LogP contribution in [0.4, 0.5) is 11.4 Å². The first-order chi connectivity index (χ1) is 17.3. The average molecular weight is 487 g/mol. The zero-order valence-electron chi connectivity index (χ0n) is 20.8. The summed E-state index contributed by atoms with van der Waals surface area (Å²) in [7, 11) is 0. The number of para-hydroxylation sites is 1. The van der Waals surface area contributed by atoms with Crippen LogP contribution in [-0.4, -0.2) is 30.2 Å². The largest absolute Gasteiger partial charge is 0.426 e. The van der Waals surface area contributed by atoms with E-state index in [1.54, 1.807) is 30.0 Å². The normalized spacial score (nSPS) is 23.7. The first-order valence-electron chi connectivity index (χ1n) is 12.5. The number of carbonyl (C=O) groups is 4. The second-order valence-corrected chi connectivity index (χ2v) is 9.97. The second-order valence-electron chi connectivity index (χ2n) is 9.97. The fraction of sp³-hybridized carbons (Fsp3) is 0.379. The molecule has 2 aromatic carbocycles. The highest BCUT2D eigenvalue weighted by atomic mass is 16.5. The Morgan fingerprint density at radius 3 is 2.47 bits per heavy atom. The van der Waals surface area contributed by atoms with Gasteiger partial charge in [0.2, 0.25) is 17.7 Å². The van der Waals surface area contributed by atoms with E-state index in [4.69, 9.17) is 4.74 Å². The molecule has 3 atom stereocenters. The Kier molecular flexibility index (Phi) is 6.24. The zero-order valence-corrected chi connectivity index (χ0v) is 20.8. The predicted molar refractivity (Wildman–Crippen MR) is 136 cm³/mol. The van der Waals surface area contributed by atoms with E-state index in [1.807, 2.05) is 44.2 Å². The molecule has 1 aliphatic carbocycles. The minimum absolute atomic E-state index is 0.0957. The van der Waals surface area contributed by atoms with E-state index < -0.39 is 11.9 Å². The number of hydrogen-bond acceptors (Lipinski definition) is 5. The lowest BCUT2D eigenvalue weighted by Gasteiger charge is -2.20. The van der Waals surface area contributed by atoms with Gasteiger partial charge in [0.1, 0.15) is 5.75 Å². The maximum absolute atomic E-state index is 13.1. The number of anilines is 2. The standard InChI is InChI=1S/C29H30N2O5/c1-4-19-7-5-6-8-25(19)30-16-20(15-26(30)32)29(35)36-21-10-12-24(18(3)14-21)31-27(33)22-11-9-17(2)13-23(22)28(31)34/h5-10,12,14,20,22-23H,4,11,13,15-16H2,1-3H3/t20-,22+,23-/m1/s1. The van der Waals surface area contributed by atoms with Gasteiger partial charge in [-0.1, -0.05) is 36.8 Å². The third kappa shape index (κ3) is 4.12. The highest BCUT2D eigenvalue weighted by Crippen LogP contribution is 2.41. The Bertz CT molecular complexity index is 1300. The van der Waals surface area contributed by atoms with Gasteiger partial charge in [0.05, 0.1) is 23.4 Å². The molecule has 0 spiro atoms. The minimum atomic E-state index is -0.567. The van der Waals surface area contributed by atoms with E-state index in [0.717, 1.165) is 23.2 Å². The lowest BCUT2D eigenvalue weighted by Crippen LogP contribution is -2.31. The number of fused-ring (bicyclic) bond motifs is 1. The first kappa shape index (κ1) is 24.0. The quantitative estimate of drug-likeness (QED) is 0.271. The number of aryl methyl sites for hydroxylation is 2. The summed E-state index contributed by atoms with van der Waals surface area (Å²) >= 11 is 0. The van der Waals surface area contributed by atoms with Crippen molar-refractivity contribution in [2.45, 2.75) is 46.5 Å². The van der Waals surface area contributed by atoms with E-state index in [0.29, 0.717) is 29.8 Å². The molecule has 2 saturated heterocycles. The molecule has 0 aromatic heterocycles. The molecule has 7 heteroatoms. The van der Waals surface area contributed by atoms with Crippen molar-refractivity contribution < 1.29 is 23.9 Å². The van der Waals surface area contributed by atoms with Gasteiger partial charge in [0.15, 0.2) is 0 Å². The third-order valence-corrected chi connectivity index (χ3v) is 7.57. The van der Waals surface area contributed by atoms with Crippen molar-refractivity contribution in [3.63, 3.8) is 0 Å². The van der Waals surface area contributed by atoms with Gasteiger partial charge in [-0.15, -0.1) is 0 Å². The van der Waals surface area contributed by atoms with Gasteiger partial charge < -0.3 is 9.64 Å². The summed E-state index contributed by atoms with van der Waals surface area (Å²) < 4.78 is 5.63. The summed E-state index contributed by atoms with van der Waals surface area (Å²) in [4.78, 5) is 54.7. The summed E-state index contributed by atoms with van der Waals surface area (Å²) in [5.74, 6) is -1.74. The fourth-order valence-electron chi connectivity index (χ4n) is 5.59. The Balaban J connectivity index is 1.29. The number of allylic oxidation sites excluding steroid dienone is 2. The fourth-order valence-corrected chi connectivity index (χ4v) is 5.59. The number of nitrogens with zero attached hydrogens (tertiary/aromatic N) is 2. The number of carbonyl (C=O) groups excluding carboxylic acids is 4. The van der Waals surface area contributed by atoms with Crippen LogP contribution in [0.1, 0.15) is 44.2 Å². The topological polar surface area (TPSA) is 84.0 Å². The summed E-state index contributed by atoms with van der Waals surface area (Å²) in [5.41, 5.74) is 4.23. The Morgan fingerprint density at radius 2 is 1.72 bits per heavy atom. The van der Waals surface area contributed by atoms with Crippen molar-refractivity contribution >= 4 is 35.1 Å². The van der Waals surface area contributed by atoms with Crippen LogP contribution in [0.3, 0.4) is 0 Å². The molecule has 3 aliphatic rings. The van der Waals surface area contributed by atoms with E-state index in [1.165, 1.54) is 4.90 Å². The molecular formula is C29H30N2O5. The van der Waals surface area contributed by atoms with Crippen LogP contribution in [0, 0.1) is 24.7 Å². The van der Waals surface area contributed by atoms with Crippen LogP contribution in [0.5, 0.6) is 5.75 Å². The van der Waals surface area contributed by atoms with Crippen molar-refractivity contribution in [1.29, 1.82) is 0 Å². The molecule has 3 amide bonds. The van der Waals surface area contributed by atoms with Gasteiger partial charge in [-0.05, 0) is 68.5 Å². The lowest BCUT2D eigenvalue weighted by molar-refractivity contribution is -0.139. The van der Waals surface area contributed by atoms with Crippen molar-refractivity contribution in [2.24, 2.45) is 17.8 Å². The second kappa shape index (κ2) is 9.37. The zero-order chi connectivity index (χ0) is 25.6. The molecule has 2 aliphatic heterocycles. The number of rotatable bonds is 5. The molecular weight excluding hydrogens is 456 g/mol. The van der Waals surface area contributed by atoms with Gasteiger partial charge in [-0.25, -0.2) is 4.90 Å². The first-order valence-corrected chi connectivity index (χ1v) is 12.5. The van der Waals surface area contributed by atoms with Crippen molar-refractivity contribution in [3.8, 4) is 5.75 Å². The van der Waals surface area contributed by atoms with Crippen molar-refractivity contribution in [1.82, 2.24) is 0 Å². The van der Waals surface area contributed by atoms with E-state index in [2.05, 4.69) is 0 Å². The van der Waals surface area contributed by atoms with Crippen LogP contribution in [0.15, 0.2) is 54.1 Å². The van der Waals surface area contributed by atoms with Crippen LogP contribution in [0.25, 0.3) is 0 Å². The van der Waals surface area contributed by atoms with Gasteiger partial charge in [-0.3, -0.25) is 19.2 Å². The molecule has 0 radical (unpaired) electrons. The van der Waals surface area contributed by atoms with Crippen LogP contribution in [0.2, 0.25) is 0 Å². The van der Waals surface area contributed by atoms with E-state index in [9.17, 15) is 19.2 Å². The molecule has 2 aromatic rings. The minimum Gasteiger partial charge on any atom is -0.426 e. The Labute approximate surface area is 210 Å². The smallest absolute Gasteiger partial charge is 0.316 e. The molecule has 0 saturated carbocycles. The molecule has 0 bridgehead atoms. The van der Waals surface area contributed by atoms with Crippen molar-refractivity contribution in [2.75, 3.05) is 16.3 Å². The van der Waals surface area contributed by atoms with Crippen LogP contribution < -0.4 is 14.5 Å². The van der Waals surface area contributed by atoms with Crippen LogP contribution >= 0.6 is 0 Å². The van der Waals surface area contributed by atoms with E-state index >= 15 is 0 Å². The number of imide groups is 1. The maximum Gasteiger partial charge on any atom is 0.316 e. The van der Waals surface area contributed by atoms with Crippen molar-refractivity contribution in [3.05, 3.63) is 65.2 Å². The van der Waals surface area contributed by atoms with Gasteiger partial charge >= 0.3 is 5.97 Å². The van der Waals surface area contributed by atoms with Gasteiger partial charge in [0.25, 0.3) is 0 Å². The summed E-state index contributed by atoms with van der Waals surface area (Å²) in [5, 5.41) is 0. The number of esters is 1. The molecule has 36 heavy (non-hydrogen) atoms. The number of benzene rings is 2. The summed E-state index contributed by atoms with van der Waals surface area (Å²) in [6.07, 6.45) is 4.13.